The number of carbonyl (C=O) groups excluding carboxylic acids is 1. The molecule has 2 rings (SSSR count). The van der Waals surface area contributed by atoms with Crippen LogP contribution >= 0.6 is 0 Å². The lowest BCUT2D eigenvalue weighted by atomic mass is 10.0. The van der Waals surface area contributed by atoms with E-state index in [1.54, 1.807) is 25.1 Å². The molecule has 0 unspecified atom stereocenters. The summed E-state index contributed by atoms with van der Waals surface area (Å²) in [7, 11) is 0. The maximum atomic E-state index is 11.5. The first kappa shape index (κ1) is 13.4. The topological polar surface area (TPSA) is 75.6 Å². The third-order valence-corrected chi connectivity index (χ3v) is 3.25. The third kappa shape index (κ3) is 3.06. The number of allylic oxidation sites excluding steroid dienone is 1. The van der Waals surface area contributed by atoms with Gasteiger partial charge in [-0.1, -0.05) is 18.2 Å². The Morgan fingerprint density at radius 2 is 2.16 bits per heavy atom. The number of amides is 1. The molecule has 5 heteroatoms. The van der Waals surface area contributed by atoms with Crippen molar-refractivity contribution in [3.63, 3.8) is 0 Å². The smallest absolute Gasteiger partial charge is 0.220 e. The van der Waals surface area contributed by atoms with Gasteiger partial charge >= 0.3 is 0 Å². The van der Waals surface area contributed by atoms with Gasteiger partial charge in [-0.05, 0) is 23.6 Å². The predicted molar refractivity (Wildman–Crippen MR) is 74.0 cm³/mol. The first-order chi connectivity index (χ1) is 8.97. The highest BCUT2D eigenvalue weighted by Gasteiger charge is 2.23. The second-order valence-corrected chi connectivity index (χ2v) is 4.98. The summed E-state index contributed by atoms with van der Waals surface area (Å²) >= 11 is 0. The summed E-state index contributed by atoms with van der Waals surface area (Å²) in [6, 6.07) is 6.11. The third-order valence-electron chi connectivity index (χ3n) is 3.25. The fraction of sp³-hybridized carbons (Fsp3) is 0.357. The molecule has 0 fully saturated rings. The van der Waals surface area contributed by atoms with Crippen LogP contribution in [0.25, 0.3) is 0 Å². The van der Waals surface area contributed by atoms with Gasteiger partial charge in [-0.15, -0.1) is 0 Å². The van der Waals surface area contributed by atoms with Gasteiger partial charge in [-0.3, -0.25) is 4.79 Å². The monoisotopic (exact) mass is 260 g/mol. The minimum atomic E-state index is 0.101. The Hall–Kier alpha value is -2.01. The van der Waals surface area contributed by atoms with Gasteiger partial charge in [0.1, 0.15) is 0 Å². The minimum absolute atomic E-state index is 0.101. The average molecular weight is 260 g/mol. The Morgan fingerprint density at radius 1 is 1.42 bits per heavy atom. The lowest BCUT2D eigenvalue weighted by molar-refractivity contribution is -0.129. The Labute approximate surface area is 113 Å². The number of hydrogen-bond acceptors (Lipinski definition) is 4. The number of rotatable bonds is 3. The molecule has 0 spiro atoms. The van der Waals surface area contributed by atoms with Crippen LogP contribution in [0, 0.1) is 0 Å². The molecule has 102 valence electrons. The van der Waals surface area contributed by atoms with Crippen molar-refractivity contribution < 1.29 is 4.79 Å². The molecule has 1 aromatic carbocycles. The fourth-order valence-corrected chi connectivity index (χ4v) is 2.37. The number of hydrogen-bond donors (Lipinski definition) is 2. The standard InChI is InChI=1S/C14H20N4O/c1-10(15)6-18(16)8-13-5-3-4-12-7-17(11(2)19)9-14(12)13/h3-6H,7-9,15-16H2,1-2H3/b10-6-. The molecular weight excluding hydrogens is 240 g/mol. The van der Waals surface area contributed by atoms with Crippen LogP contribution in [-0.2, 0) is 24.4 Å². The molecule has 0 atom stereocenters. The normalized spacial score (nSPS) is 14.5. The summed E-state index contributed by atoms with van der Waals surface area (Å²) < 4.78 is 0. The summed E-state index contributed by atoms with van der Waals surface area (Å²) in [5, 5.41) is 1.57. The van der Waals surface area contributed by atoms with Crippen molar-refractivity contribution in [2.24, 2.45) is 11.6 Å². The molecule has 0 aromatic heterocycles. The molecule has 0 aliphatic carbocycles. The number of hydrazine groups is 1. The van der Waals surface area contributed by atoms with E-state index in [9.17, 15) is 4.79 Å². The Bertz CT molecular complexity index is 520. The summed E-state index contributed by atoms with van der Waals surface area (Å²) in [5.74, 6) is 5.99. The van der Waals surface area contributed by atoms with Crippen molar-refractivity contribution in [1.29, 1.82) is 0 Å². The Morgan fingerprint density at radius 3 is 2.79 bits per heavy atom. The highest BCUT2D eigenvalue weighted by atomic mass is 16.2. The van der Waals surface area contributed by atoms with Gasteiger partial charge < -0.3 is 15.6 Å². The first-order valence-electron chi connectivity index (χ1n) is 6.27. The van der Waals surface area contributed by atoms with Crippen LogP contribution in [0.2, 0.25) is 0 Å². The maximum Gasteiger partial charge on any atom is 0.220 e. The van der Waals surface area contributed by atoms with E-state index >= 15 is 0 Å². The number of nitrogens with two attached hydrogens (primary N) is 2. The van der Waals surface area contributed by atoms with Crippen molar-refractivity contribution in [1.82, 2.24) is 9.91 Å². The predicted octanol–water partition coefficient (Wildman–Crippen LogP) is 1.04. The summed E-state index contributed by atoms with van der Waals surface area (Å²) in [4.78, 5) is 13.3. The molecule has 1 aromatic rings. The number of fused-ring (bicyclic) bond motifs is 1. The van der Waals surface area contributed by atoms with E-state index in [0.29, 0.717) is 25.3 Å². The first-order valence-corrected chi connectivity index (χ1v) is 6.27. The lowest BCUT2D eigenvalue weighted by Crippen LogP contribution is -2.26. The van der Waals surface area contributed by atoms with E-state index in [-0.39, 0.29) is 5.91 Å². The number of nitrogens with zero attached hydrogens (tertiary/aromatic N) is 2. The molecule has 19 heavy (non-hydrogen) atoms. The van der Waals surface area contributed by atoms with Crippen LogP contribution in [0.1, 0.15) is 30.5 Å². The van der Waals surface area contributed by atoms with Gasteiger partial charge in [-0.2, -0.15) is 0 Å². The fourth-order valence-electron chi connectivity index (χ4n) is 2.37. The molecular formula is C14H20N4O. The van der Waals surface area contributed by atoms with Gasteiger partial charge in [0, 0.05) is 31.9 Å². The van der Waals surface area contributed by atoms with Gasteiger partial charge in [0.25, 0.3) is 0 Å². The van der Waals surface area contributed by atoms with Gasteiger partial charge in [0.05, 0.1) is 6.54 Å². The van der Waals surface area contributed by atoms with Crippen molar-refractivity contribution in [2.45, 2.75) is 33.5 Å². The van der Waals surface area contributed by atoms with Crippen LogP contribution in [0.15, 0.2) is 30.1 Å². The summed E-state index contributed by atoms with van der Waals surface area (Å²) in [6.07, 6.45) is 1.71. The second kappa shape index (κ2) is 5.32. The molecule has 0 radical (unpaired) electrons. The average Bonchev–Trinajstić information content (AvgIpc) is 2.72. The lowest BCUT2D eigenvalue weighted by Gasteiger charge is -2.17. The van der Waals surface area contributed by atoms with Gasteiger partial charge in [-0.25, -0.2) is 5.84 Å². The molecule has 0 bridgehead atoms. The number of benzene rings is 1. The zero-order valence-corrected chi connectivity index (χ0v) is 11.4. The zero-order valence-electron chi connectivity index (χ0n) is 11.4. The van der Waals surface area contributed by atoms with Crippen molar-refractivity contribution >= 4 is 5.91 Å². The van der Waals surface area contributed by atoms with Crippen molar-refractivity contribution in [3.8, 4) is 0 Å². The minimum Gasteiger partial charge on any atom is -0.401 e. The molecule has 1 amide bonds. The largest absolute Gasteiger partial charge is 0.401 e. The van der Waals surface area contributed by atoms with Gasteiger partial charge in [0.2, 0.25) is 5.91 Å². The quantitative estimate of drug-likeness (QED) is 0.629. The van der Waals surface area contributed by atoms with E-state index in [2.05, 4.69) is 6.07 Å². The van der Waals surface area contributed by atoms with Crippen LogP contribution in [0.4, 0.5) is 0 Å². The van der Waals surface area contributed by atoms with Crippen LogP contribution in [0.3, 0.4) is 0 Å². The van der Waals surface area contributed by atoms with Crippen molar-refractivity contribution in [2.75, 3.05) is 0 Å². The zero-order chi connectivity index (χ0) is 14.0. The van der Waals surface area contributed by atoms with Crippen LogP contribution in [0.5, 0.6) is 0 Å². The molecule has 0 saturated heterocycles. The summed E-state index contributed by atoms with van der Waals surface area (Å²) in [6.45, 7) is 5.34. The molecule has 1 aliphatic rings. The highest BCUT2D eigenvalue weighted by Crippen LogP contribution is 2.26. The van der Waals surface area contributed by atoms with Gasteiger partial charge in [0.15, 0.2) is 0 Å². The second-order valence-electron chi connectivity index (χ2n) is 4.98. The van der Waals surface area contributed by atoms with E-state index in [0.717, 1.165) is 5.56 Å². The molecule has 1 aliphatic heterocycles. The molecule has 5 nitrogen and oxygen atoms in total. The van der Waals surface area contributed by atoms with E-state index in [1.807, 2.05) is 17.0 Å². The van der Waals surface area contributed by atoms with E-state index < -0.39 is 0 Å². The maximum absolute atomic E-state index is 11.5. The van der Waals surface area contributed by atoms with Crippen molar-refractivity contribution in [3.05, 3.63) is 46.8 Å². The Balaban J connectivity index is 2.19. The van der Waals surface area contributed by atoms with Crippen LogP contribution < -0.4 is 11.6 Å². The molecule has 1 heterocycles. The molecule has 4 N–H and O–H groups in total. The number of carbonyl (C=O) groups is 1. The van der Waals surface area contributed by atoms with E-state index in [4.69, 9.17) is 11.6 Å². The molecule has 0 saturated carbocycles. The van der Waals surface area contributed by atoms with E-state index in [1.165, 1.54) is 11.1 Å². The Kier molecular flexibility index (Phi) is 3.76. The summed E-state index contributed by atoms with van der Waals surface area (Å²) in [5.41, 5.74) is 9.82. The highest BCUT2D eigenvalue weighted by molar-refractivity contribution is 5.74. The van der Waals surface area contributed by atoms with Crippen LogP contribution in [-0.4, -0.2) is 15.8 Å². The SMILES string of the molecule is CC(=O)N1Cc2cccc(CN(N)/C=C(/C)N)c2C1.